The Balaban J connectivity index is 2.24. The number of hydrogen-bond acceptors (Lipinski definition) is 3. The fourth-order valence-electron chi connectivity index (χ4n) is 1.57. The van der Waals surface area contributed by atoms with Crippen molar-refractivity contribution in [3.63, 3.8) is 0 Å². The average molecular weight is 252 g/mol. The van der Waals surface area contributed by atoms with Crippen molar-refractivity contribution >= 4 is 17.6 Å². The van der Waals surface area contributed by atoms with Crippen LogP contribution in [0.5, 0.6) is 5.75 Å². The molecule has 1 aromatic rings. The highest BCUT2D eigenvalue weighted by Gasteiger charge is 2.38. The Bertz CT molecular complexity index is 491. The van der Waals surface area contributed by atoms with E-state index in [9.17, 15) is 4.79 Å². The topological polar surface area (TPSA) is 70.3 Å². The Morgan fingerprint density at radius 2 is 2.29 bits per heavy atom. The number of nitriles is 1. The maximum absolute atomic E-state index is 11.0. The molecule has 0 spiro atoms. The summed E-state index contributed by atoms with van der Waals surface area (Å²) >= 11 is 5.80. The zero-order chi connectivity index (χ0) is 12.4. The number of hydrogen-bond donors (Lipinski definition) is 1. The second kappa shape index (κ2) is 4.64. The van der Waals surface area contributed by atoms with E-state index in [0.29, 0.717) is 10.6 Å². The van der Waals surface area contributed by atoms with E-state index in [4.69, 9.17) is 26.7 Å². The molecule has 1 aliphatic rings. The highest BCUT2D eigenvalue weighted by atomic mass is 35.5. The Morgan fingerprint density at radius 3 is 2.82 bits per heavy atom. The number of carboxylic acid groups (broad SMARTS) is 1. The number of aliphatic carboxylic acids is 1. The Hall–Kier alpha value is -1.73. The molecule has 17 heavy (non-hydrogen) atoms. The van der Waals surface area contributed by atoms with Gasteiger partial charge >= 0.3 is 5.97 Å². The van der Waals surface area contributed by atoms with E-state index < -0.39 is 12.1 Å². The molecule has 0 aliphatic heterocycles. The quantitative estimate of drug-likeness (QED) is 0.892. The molecule has 1 fully saturated rings. The third-order valence-corrected chi connectivity index (χ3v) is 2.85. The van der Waals surface area contributed by atoms with Gasteiger partial charge in [0.05, 0.1) is 5.56 Å². The fraction of sp³-hybridized carbons (Fsp3) is 0.333. The molecule has 0 heterocycles. The van der Waals surface area contributed by atoms with E-state index in [0.717, 1.165) is 12.8 Å². The van der Waals surface area contributed by atoms with Crippen LogP contribution in [0.4, 0.5) is 0 Å². The largest absolute Gasteiger partial charge is 0.478 e. The number of nitrogens with zero attached hydrogens (tertiary/aromatic N) is 1. The summed E-state index contributed by atoms with van der Waals surface area (Å²) < 4.78 is 5.40. The molecule has 88 valence electrons. The van der Waals surface area contributed by atoms with Crippen LogP contribution in [0.1, 0.15) is 18.4 Å². The van der Waals surface area contributed by atoms with Crippen LogP contribution in [0.2, 0.25) is 5.02 Å². The molecule has 1 N–H and O–H groups in total. The number of carbonyl (C=O) groups is 1. The van der Waals surface area contributed by atoms with Crippen molar-refractivity contribution in [1.82, 2.24) is 0 Å². The lowest BCUT2D eigenvalue weighted by Crippen LogP contribution is -2.29. The van der Waals surface area contributed by atoms with Crippen molar-refractivity contribution in [2.24, 2.45) is 5.92 Å². The summed E-state index contributed by atoms with van der Waals surface area (Å²) in [6, 6.07) is 6.51. The lowest BCUT2D eigenvalue weighted by molar-refractivity contribution is -0.146. The molecule has 0 bridgehead atoms. The van der Waals surface area contributed by atoms with E-state index in [1.807, 2.05) is 6.07 Å². The van der Waals surface area contributed by atoms with Crippen LogP contribution < -0.4 is 4.74 Å². The van der Waals surface area contributed by atoms with Gasteiger partial charge in [-0.1, -0.05) is 11.6 Å². The van der Waals surface area contributed by atoms with E-state index >= 15 is 0 Å². The van der Waals surface area contributed by atoms with Crippen molar-refractivity contribution in [2.75, 3.05) is 0 Å². The fourth-order valence-corrected chi connectivity index (χ4v) is 1.73. The number of rotatable bonds is 4. The van der Waals surface area contributed by atoms with Gasteiger partial charge in [0.1, 0.15) is 11.8 Å². The van der Waals surface area contributed by atoms with Crippen LogP contribution in [-0.4, -0.2) is 17.2 Å². The summed E-state index contributed by atoms with van der Waals surface area (Å²) in [5.41, 5.74) is 0.293. The van der Waals surface area contributed by atoms with Crippen LogP contribution in [0.3, 0.4) is 0 Å². The van der Waals surface area contributed by atoms with E-state index in [-0.39, 0.29) is 11.7 Å². The molecule has 2 rings (SSSR count). The van der Waals surface area contributed by atoms with Crippen molar-refractivity contribution in [3.05, 3.63) is 28.8 Å². The third-order valence-electron chi connectivity index (χ3n) is 2.61. The Kier molecular flexibility index (Phi) is 3.21. The first-order chi connectivity index (χ1) is 8.11. The first-order valence-corrected chi connectivity index (χ1v) is 5.58. The molecule has 1 aliphatic carbocycles. The van der Waals surface area contributed by atoms with Crippen molar-refractivity contribution in [3.8, 4) is 11.8 Å². The maximum atomic E-state index is 11.0. The van der Waals surface area contributed by atoms with Crippen LogP contribution >= 0.6 is 11.6 Å². The minimum Gasteiger partial charge on any atom is -0.478 e. The zero-order valence-electron chi connectivity index (χ0n) is 8.89. The molecule has 0 amide bonds. The van der Waals surface area contributed by atoms with Gasteiger partial charge in [0, 0.05) is 17.0 Å². The first kappa shape index (κ1) is 11.7. The Morgan fingerprint density at radius 1 is 1.59 bits per heavy atom. The lowest BCUT2D eigenvalue weighted by atomic mass is 10.2. The second-order valence-corrected chi connectivity index (χ2v) is 4.40. The van der Waals surface area contributed by atoms with Crippen LogP contribution in [-0.2, 0) is 4.79 Å². The molecule has 0 aromatic heterocycles. The van der Waals surface area contributed by atoms with Gasteiger partial charge in [-0.3, -0.25) is 0 Å². The second-order valence-electron chi connectivity index (χ2n) is 3.97. The third kappa shape index (κ3) is 2.69. The van der Waals surface area contributed by atoms with Crippen LogP contribution in [0, 0.1) is 17.2 Å². The highest BCUT2D eigenvalue weighted by molar-refractivity contribution is 6.30. The summed E-state index contributed by atoms with van der Waals surface area (Å²) in [4.78, 5) is 11.0. The molecule has 0 radical (unpaired) electrons. The molecule has 1 saturated carbocycles. The number of carboxylic acids is 1. The smallest absolute Gasteiger partial charge is 0.345 e. The average Bonchev–Trinajstić information content (AvgIpc) is 3.09. The van der Waals surface area contributed by atoms with Crippen LogP contribution in [0.15, 0.2) is 18.2 Å². The minimum atomic E-state index is -1.00. The predicted octanol–water partition coefficient (Wildman–Crippen LogP) is 2.45. The van der Waals surface area contributed by atoms with Crippen LogP contribution in [0.25, 0.3) is 0 Å². The number of halogens is 1. The first-order valence-electron chi connectivity index (χ1n) is 5.21. The van der Waals surface area contributed by atoms with Gasteiger partial charge in [0.15, 0.2) is 6.10 Å². The molecule has 1 aromatic carbocycles. The lowest BCUT2D eigenvalue weighted by Gasteiger charge is -2.15. The number of ether oxygens (including phenoxy) is 1. The van der Waals surface area contributed by atoms with Gasteiger partial charge in [0.25, 0.3) is 0 Å². The summed E-state index contributed by atoms with van der Waals surface area (Å²) in [6.07, 6.45) is 0.805. The molecular weight excluding hydrogens is 242 g/mol. The molecular formula is C12H10ClNO3. The molecule has 5 heteroatoms. The molecule has 0 saturated heterocycles. The minimum absolute atomic E-state index is 0.0398. The molecule has 1 atom stereocenters. The SMILES string of the molecule is N#Cc1ccc(Cl)cc1OC(C(=O)O)C1CC1. The normalized spacial score (nSPS) is 16.0. The summed E-state index contributed by atoms with van der Waals surface area (Å²) in [5.74, 6) is -0.728. The highest BCUT2D eigenvalue weighted by Crippen LogP contribution is 2.36. The number of benzene rings is 1. The van der Waals surface area contributed by atoms with Crippen molar-refractivity contribution in [1.29, 1.82) is 5.26 Å². The summed E-state index contributed by atoms with van der Waals surface area (Å²) in [5, 5.41) is 18.3. The predicted molar refractivity (Wildman–Crippen MR) is 60.9 cm³/mol. The summed E-state index contributed by atoms with van der Waals surface area (Å²) in [7, 11) is 0. The van der Waals surface area contributed by atoms with Gasteiger partial charge < -0.3 is 9.84 Å². The maximum Gasteiger partial charge on any atom is 0.345 e. The Labute approximate surface area is 103 Å². The van der Waals surface area contributed by atoms with Gasteiger partial charge in [0.2, 0.25) is 0 Å². The standard InChI is InChI=1S/C12H10ClNO3/c13-9-4-3-8(6-14)10(5-9)17-11(12(15)16)7-1-2-7/h3-5,7,11H,1-2H2,(H,15,16). The van der Waals surface area contributed by atoms with Gasteiger partial charge in [-0.05, 0) is 25.0 Å². The summed E-state index contributed by atoms with van der Waals surface area (Å²) in [6.45, 7) is 0. The molecule has 4 nitrogen and oxygen atoms in total. The van der Waals surface area contributed by atoms with Gasteiger partial charge in [-0.2, -0.15) is 5.26 Å². The van der Waals surface area contributed by atoms with E-state index in [1.54, 1.807) is 6.07 Å². The monoisotopic (exact) mass is 251 g/mol. The van der Waals surface area contributed by atoms with Gasteiger partial charge in [-0.15, -0.1) is 0 Å². The van der Waals surface area contributed by atoms with E-state index in [1.165, 1.54) is 12.1 Å². The molecule has 1 unspecified atom stereocenters. The van der Waals surface area contributed by atoms with Crippen molar-refractivity contribution in [2.45, 2.75) is 18.9 Å². The van der Waals surface area contributed by atoms with Crippen molar-refractivity contribution < 1.29 is 14.6 Å². The van der Waals surface area contributed by atoms with Gasteiger partial charge in [-0.25, -0.2) is 4.79 Å². The van der Waals surface area contributed by atoms with E-state index in [2.05, 4.69) is 0 Å². The zero-order valence-corrected chi connectivity index (χ0v) is 9.65.